The van der Waals surface area contributed by atoms with Crippen LogP contribution in [0.15, 0.2) is 42.7 Å². The molecule has 2 amide bonds. The molecule has 2 aromatic rings. The number of carbonyl (C=O) groups excluding carboxylic acids is 2. The van der Waals surface area contributed by atoms with Crippen LogP contribution in [0.5, 0.6) is 5.75 Å². The number of hydrogen-bond donors (Lipinski definition) is 2. The monoisotopic (exact) mass is 361 g/mol. The first-order valence-corrected chi connectivity index (χ1v) is 8.28. The third kappa shape index (κ3) is 6.08. The number of nitrogens with one attached hydrogen (secondary N) is 2. The lowest BCUT2D eigenvalue weighted by atomic mass is 10.2. The molecular formula is C18H20ClN3O3. The molecule has 0 radical (unpaired) electrons. The van der Waals surface area contributed by atoms with Crippen LogP contribution in [0.2, 0.25) is 5.02 Å². The largest absolute Gasteiger partial charge is 0.490 e. The van der Waals surface area contributed by atoms with Gasteiger partial charge in [-0.25, -0.2) is 0 Å². The second kappa shape index (κ2) is 9.03. The van der Waals surface area contributed by atoms with Gasteiger partial charge >= 0.3 is 0 Å². The highest BCUT2D eigenvalue weighted by atomic mass is 35.5. The van der Waals surface area contributed by atoms with Crippen LogP contribution in [0.3, 0.4) is 0 Å². The van der Waals surface area contributed by atoms with Crippen molar-refractivity contribution in [2.45, 2.75) is 26.4 Å². The highest BCUT2D eigenvalue weighted by Crippen LogP contribution is 2.24. The van der Waals surface area contributed by atoms with Crippen LogP contribution in [0.25, 0.3) is 0 Å². The van der Waals surface area contributed by atoms with Gasteiger partial charge in [0, 0.05) is 24.2 Å². The molecule has 0 aliphatic heterocycles. The van der Waals surface area contributed by atoms with Gasteiger partial charge in [0.15, 0.2) is 0 Å². The summed E-state index contributed by atoms with van der Waals surface area (Å²) >= 11 is 5.97. The second-order valence-electron chi connectivity index (χ2n) is 5.60. The summed E-state index contributed by atoms with van der Waals surface area (Å²) in [6.07, 6.45) is 3.25. The summed E-state index contributed by atoms with van der Waals surface area (Å²) in [7, 11) is 0. The lowest BCUT2D eigenvalue weighted by molar-refractivity contribution is -0.116. The number of rotatable bonds is 7. The van der Waals surface area contributed by atoms with E-state index in [2.05, 4.69) is 15.6 Å². The van der Waals surface area contributed by atoms with E-state index in [0.717, 1.165) is 0 Å². The van der Waals surface area contributed by atoms with E-state index in [4.69, 9.17) is 16.3 Å². The molecule has 0 aliphatic rings. The molecule has 0 bridgehead atoms. The number of ether oxygens (including phenoxy) is 1. The van der Waals surface area contributed by atoms with Gasteiger partial charge in [0.1, 0.15) is 5.75 Å². The van der Waals surface area contributed by atoms with Crippen molar-refractivity contribution in [3.63, 3.8) is 0 Å². The Morgan fingerprint density at radius 1 is 1.28 bits per heavy atom. The Hall–Kier alpha value is -2.60. The molecule has 0 fully saturated rings. The van der Waals surface area contributed by atoms with Gasteiger partial charge in [-0.2, -0.15) is 0 Å². The molecule has 1 aromatic carbocycles. The Bertz CT molecular complexity index is 736. The SMILES string of the molecule is CC(C)Oc1ccc(Cl)cc1C(=O)NCCC(=O)Nc1cccnc1. The molecule has 1 heterocycles. The fraction of sp³-hybridized carbons (Fsp3) is 0.278. The van der Waals surface area contributed by atoms with Crippen LogP contribution in [0.4, 0.5) is 5.69 Å². The molecule has 7 heteroatoms. The molecule has 0 unspecified atom stereocenters. The smallest absolute Gasteiger partial charge is 0.255 e. The first-order chi connectivity index (χ1) is 12.0. The van der Waals surface area contributed by atoms with Crippen molar-refractivity contribution in [2.75, 3.05) is 11.9 Å². The zero-order chi connectivity index (χ0) is 18.2. The van der Waals surface area contributed by atoms with Crippen LogP contribution in [-0.2, 0) is 4.79 Å². The van der Waals surface area contributed by atoms with E-state index >= 15 is 0 Å². The van der Waals surface area contributed by atoms with E-state index in [1.807, 2.05) is 13.8 Å². The van der Waals surface area contributed by atoms with E-state index in [9.17, 15) is 9.59 Å². The van der Waals surface area contributed by atoms with Gasteiger partial charge in [-0.15, -0.1) is 0 Å². The number of benzene rings is 1. The number of hydrogen-bond acceptors (Lipinski definition) is 4. The molecule has 0 spiro atoms. The topological polar surface area (TPSA) is 80.3 Å². The summed E-state index contributed by atoms with van der Waals surface area (Å²) < 4.78 is 5.62. The van der Waals surface area contributed by atoms with Crippen LogP contribution < -0.4 is 15.4 Å². The predicted molar refractivity (Wildman–Crippen MR) is 97.0 cm³/mol. The molecule has 132 valence electrons. The standard InChI is InChI=1S/C18H20ClN3O3/c1-12(2)25-16-6-5-13(19)10-15(16)18(24)21-9-7-17(23)22-14-4-3-8-20-11-14/h3-6,8,10-12H,7,9H2,1-2H3,(H,21,24)(H,22,23). The molecule has 2 rings (SSSR count). The Kier molecular flexibility index (Phi) is 6.77. The average molecular weight is 362 g/mol. The van der Waals surface area contributed by atoms with E-state index < -0.39 is 0 Å². The lowest BCUT2D eigenvalue weighted by Gasteiger charge is -2.14. The first kappa shape index (κ1) is 18.7. The summed E-state index contributed by atoms with van der Waals surface area (Å²) in [4.78, 5) is 28.1. The van der Waals surface area contributed by atoms with Crippen LogP contribution in [-0.4, -0.2) is 29.4 Å². The van der Waals surface area contributed by atoms with Crippen molar-refractivity contribution < 1.29 is 14.3 Å². The first-order valence-electron chi connectivity index (χ1n) is 7.90. The number of amides is 2. The van der Waals surface area contributed by atoms with Gasteiger partial charge in [0.2, 0.25) is 5.91 Å². The summed E-state index contributed by atoms with van der Waals surface area (Å²) in [5, 5.41) is 5.85. The highest BCUT2D eigenvalue weighted by Gasteiger charge is 2.14. The van der Waals surface area contributed by atoms with Crippen molar-refractivity contribution in [2.24, 2.45) is 0 Å². The highest BCUT2D eigenvalue weighted by molar-refractivity contribution is 6.31. The third-order valence-corrected chi connectivity index (χ3v) is 3.37. The number of nitrogens with zero attached hydrogens (tertiary/aromatic N) is 1. The quantitative estimate of drug-likeness (QED) is 0.793. The fourth-order valence-electron chi connectivity index (χ4n) is 2.08. The van der Waals surface area contributed by atoms with E-state index in [-0.39, 0.29) is 30.9 Å². The molecule has 1 aromatic heterocycles. The number of anilines is 1. The van der Waals surface area contributed by atoms with Gasteiger partial charge in [0.25, 0.3) is 5.91 Å². The molecule has 2 N–H and O–H groups in total. The van der Waals surface area contributed by atoms with Crippen molar-refractivity contribution >= 4 is 29.1 Å². The molecule has 0 aliphatic carbocycles. The van der Waals surface area contributed by atoms with Crippen LogP contribution in [0.1, 0.15) is 30.6 Å². The van der Waals surface area contributed by atoms with Crippen LogP contribution >= 0.6 is 11.6 Å². The number of carbonyl (C=O) groups is 2. The van der Waals surface area contributed by atoms with Crippen molar-refractivity contribution in [1.82, 2.24) is 10.3 Å². The Morgan fingerprint density at radius 3 is 2.76 bits per heavy atom. The second-order valence-corrected chi connectivity index (χ2v) is 6.04. The molecule has 0 saturated heterocycles. The minimum Gasteiger partial charge on any atom is -0.490 e. The van der Waals surface area contributed by atoms with E-state index in [1.54, 1.807) is 42.7 Å². The summed E-state index contributed by atoms with van der Waals surface area (Å²) in [5.74, 6) is -0.0953. The zero-order valence-corrected chi connectivity index (χ0v) is 14.8. The third-order valence-electron chi connectivity index (χ3n) is 3.13. The van der Waals surface area contributed by atoms with Gasteiger partial charge in [-0.05, 0) is 44.2 Å². The van der Waals surface area contributed by atoms with E-state index in [0.29, 0.717) is 22.0 Å². The molecule has 25 heavy (non-hydrogen) atoms. The molecular weight excluding hydrogens is 342 g/mol. The van der Waals surface area contributed by atoms with Crippen LogP contribution in [0, 0.1) is 0 Å². The number of aromatic nitrogens is 1. The lowest BCUT2D eigenvalue weighted by Crippen LogP contribution is -2.28. The zero-order valence-electron chi connectivity index (χ0n) is 14.1. The maximum absolute atomic E-state index is 12.3. The maximum Gasteiger partial charge on any atom is 0.255 e. The maximum atomic E-state index is 12.3. The molecule has 0 saturated carbocycles. The molecule has 6 nitrogen and oxygen atoms in total. The fourth-order valence-corrected chi connectivity index (χ4v) is 2.25. The number of pyridine rings is 1. The summed E-state index contributed by atoms with van der Waals surface area (Å²) in [6.45, 7) is 3.94. The van der Waals surface area contributed by atoms with E-state index in [1.165, 1.54) is 0 Å². The Morgan fingerprint density at radius 2 is 2.08 bits per heavy atom. The van der Waals surface area contributed by atoms with Gasteiger partial charge in [-0.3, -0.25) is 14.6 Å². The van der Waals surface area contributed by atoms with Gasteiger partial charge < -0.3 is 15.4 Å². The Labute approximate surface area is 151 Å². The Balaban J connectivity index is 1.89. The van der Waals surface area contributed by atoms with Crippen molar-refractivity contribution in [3.8, 4) is 5.75 Å². The normalized spacial score (nSPS) is 10.4. The molecule has 0 atom stereocenters. The average Bonchev–Trinajstić information content (AvgIpc) is 2.57. The summed E-state index contributed by atoms with van der Waals surface area (Å²) in [6, 6.07) is 8.34. The number of halogens is 1. The van der Waals surface area contributed by atoms with Crippen molar-refractivity contribution in [3.05, 3.63) is 53.3 Å². The summed E-state index contributed by atoms with van der Waals surface area (Å²) in [5.41, 5.74) is 0.954. The van der Waals surface area contributed by atoms with Crippen molar-refractivity contribution in [1.29, 1.82) is 0 Å². The van der Waals surface area contributed by atoms with Gasteiger partial charge in [0.05, 0.1) is 23.6 Å². The van der Waals surface area contributed by atoms with Gasteiger partial charge in [-0.1, -0.05) is 11.6 Å². The predicted octanol–water partition coefficient (Wildman–Crippen LogP) is 3.28. The minimum atomic E-state index is -0.340. The minimum absolute atomic E-state index is 0.0713.